The molecule has 0 amide bonds. The summed E-state index contributed by atoms with van der Waals surface area (Å²) in [5.74, 6) is 0. The Labute approximate surface area is 64.8 Å². The number of anilines is 1. The molecule has 0 aliphatic heterocycles. The van der Waals surface area contributed by atoms with Crippen LogP contribution in [0.1, 0.15) is 0 Å². The van der Waals surface area contributed by atoms with Gasteiger partial charge in [0.25, 0.3) is 5.56 Å². The van der Waals surface area contributed by atoms with Crippen molar-refractivity contribution in [1.82, 2.24) is 4.57 Å². The summed E-state index contributed by atoms with van der Waals surface area (Å²) in [7, 11) is 0. The monoisotopic (exact) mass is 150 g/mol. The molecule has 0 fully saturated rings. The molecule has 0 aliphatic rings. The zero-order valence-corrected chi connectivity index (χ0v) is 6.16. The third-order valence-corrected chi connectivity index (χ3v) is 1.35. The van der Waals surface area contributed by atoms with Gasteiger partial charge < -0.3 is 10.3 Å². The van der Waals surface area contributed by atoms with E-state index in [4.69, 9.17) is 5.73 Å². The number of nitrogens with zero attached hydrogens (tertiary/aromatic N) is 1. The lowest BCUT2D eigenvalue weighted by Gasteiger charge is -2.00. The lowest BCUT2D eigenvalue weighted by molar-refractivity contribution is 0.781. The van der Waals surface area contributed by atoms with Crippen molar-refractivity contribution < 1.29 is 0 Å². The summed E-state index contributed by atoms with van der Waals surface area (Å²) in [6, 6.07) is 3.08. The van der Waals surface area contributed by atoms with Gasteiger partial charge in [-0.15, -0.1) is 6.58 Å². The van der Waals surface area contributed by atoms with Gasteiger partial charge in [0.15, 0.2) is 0 Å². The molecule has 1 aromatic heterocycles. The highest BCUT2D eigenvalue weighted by molar-refractivity contribution is 5.34. The summed E-state index contributed by atoms with van der Waals surface area (Å²) in [5.41, 5.74) is 5.79. The molecular weight excluding hydrogens is 140 g/mol. The van der Waals surface area contributed by atoms with Gasteiger partial charge >= 0.3 is 0 Å². The largest absolute Gasteiger partial charge is 0.399 e. The van der Waals surface area contributed by atoms with Gasteiger partial charge in [0, 0.05) is 24.5 Å². The third-order valence-electron chi connectivity index (χ3n) is 1.35. The molecule has 0 atom stereocenters. The molecule has 0 aliphatic carbocycles. The van der Waals surface area contributed by atoms with Crippen LogP contribution in [0, 0.1) is 0 Å². The summed E-state index contributed by atoms with van der Waals surface area (Å²) in [6.45, 7) is 4.06. The van der Waals surface area contributed by atoms with E-state index in [1.54, 1.807) is 18.3 Å². The molecule has 0 saturated heterocycles. The van der Waals surface area contributed by atoms with Crippen LogP contribution in [-0.2, 0) is 6.54 Å². The van der Waals surface area contributed by atoms with Gasteiger partial charge in [-0.3, -0.25) is 4.79 Å². The quantitative estimate of drug-likeness (QED) is 0.628. The SMILES string of the molecule is C=CCn1ccc(N)cc1=O. The Morgan fingerprint density at radius 1 is 1.73 bits per heavy atom. The second kappa shape index (κ2) is 3.05. The van der Waals surface area contributed by atoms with Crippen LogP contribution in [0.4, 0.5) is 5.69 Å². The smallest absolute Gasteiger partial charge is 0.252 e. The van der Waals surface area contributed by atoms with Crippen molar-refractivity contribution in [1.29, 1.82) is 0 Å². The molecule has 3 nitrogen and oxygen atoms in total. The van der Waals surface area contributed by atoms with E-state index < -0.39 is 0 Å². The molecule has 0 spiro atoms. The Morgan fingerprint density at radius 3 is 3.00 bits per heavy atom. The molecule has 2 N–H and O–H groups in total. The van der Waals surface area contributed by atoms with Crippen molar-refractivity contribution in [3.05, 3.63) is 41.3 Å². The average Bonchev–Trinajstić information content (AvgIpc) is 1.95. The predicted molar refractivity (Wildman–Crippen MR) is 45.3 cm³/mol. The van der Waals surface area contributed by atoms with Crippen molar-refractivity contribution in [2.75, 3.05) is 5.73 Å². The first-order valence-electron chi connectivity index (χ1n) is 3.31. The number of aromatic nitrogens is 1. The summed E-state index contributed by atoms with van der Waals surface area (Å²) in [6.07, 6.45) is 3.32. The van der Waals surface area contributed by atoms with Crippen LogP contribution in [0.2, 0.25) is 0 Å². The van der Waals surface area contributed by atoms with Crippen LogP contribution in [0.15, 0.2) is 35.8 Å². The van der Waals surface area contributed by atoms with Crippen LogP contribution in [0.3, 0.4) is 0 Å². The van der Waals surface area contributed by atoms with Crippen LogP contribution in [-0.4, -0.2) is 4.57 Å². The number of hydrogen-bond donors (Lipinski definition) is 1. The lowest BCUT2D eigenvalue weighted by atomic mass is 10.4. The molecule has 0 radical (unpaired) electrons. The highest BCUT2D eigenvalue weighted by atomic mass is 16.1. The Bertz CT molecular complexity index is 314. The molecule has 1 heterocycles. The van der Waals surface area contributed by atoms with E-state index in [-0.39, 0.29) is 5.56 Å². The molecule has 1 aromatic rings. The van der Waals surface area contributed by atoms with Gasteiger partial charge in [0.05, 0.1) is 0 Å². The fraction of sp³-hybridized carbons (Fsp3) is 0.125. The Kier molecular flexibility index (Phi) is 2.11. The van der Waals surface area contributed by atoms with Crippen LogP contribution in [0.25, 0.3) is 0 Å². The second-order valence-corrected chi connectivity index (χ2v) is 2.24. The standard InChI is InChI=1S/C8H10N2O/c1-2-4-10-5-3-7(9)6-8(10)11/h2-3,5-6H,1,4,9H2. The summed E-state index contributed by atoms with van der Waals surface area (Å²) >= 11 is 0. The molecule has 0 saturated carbocycles. The molecule has 0 bridgehead atoms. The first-order chi connectivity index (χ1) is 5.24. The zero-order chi connectivity index (χ0) is 8.27. The van der Waals surface area contributed by atoms with E-state index in [0.29, 0.717) is 12.2 Å². The van der Waals surface area contributed by atoms with E-state index in [9.17, 15) is 4.79 Å². The summed E-state index contributed by atoms with van der Waals surface area (Å²) in [5, 5.41) is 0. The van der Waals surface area contributed by atoms with E-state index in [1.807, 2.05) is 0 Å². The van der Waals surface area contributed by atoms with Gasteiger partial charge in [-0.25, -0.2) is 0 Å². The van der Waals surface area contributed by atoms with Gasteiger partial charge in [-0.2, -0.15) is 0 Å². The van der Waals surface area contributed by atoms with Gasteiger partial charge in [0.1, 0.15) is 0 Å². The fourth-order valence-electron chi connectivity index (χ4n) is 0.813. The van der Waals surface area contributed by atoms with Crippen molar-refractivity contribution in [3.8, 4) is 0 Å². The Hall–Kier alpha value is -1.51. The number of nitrogen functional groups attached to an aromatic ring is 1. The van der Waals surface area contributed by atoms with E-state index in [1.165, 1.54) is 10.6 Å². The average molecular weight is 150 g/mol. The maximum atomic E-state index is 11.1. The molecule has 11 heavy (non-hydrogen) atoms. The van der Waals surface area contributed by atoms with Crippen LogP contribution in [0.5, 0.6) is 0 Å². The second-order valence-electron chi connectivity index (χ2n) is 2.24. The number of rotatable bonds is 2. The molecule has 0 unspecified atom stereocenters. The molecule has 1 rings (SSSR count). The van der Waals surface area contributed by atoms with Crippen LogP contribution < -0.4 is 11.3 Å². The van der Waals surface area contributed by atoms with E-state index in [2.05, 4.69) is 6.58 Å². The van der Waals surface area contributed by atoms with Crippen molar-refractivity contribution in [3.63, 3.8) is 0 Å². The van der Waals surface area contributed by atoms with Gasteiger partial charge in [-0.05, 0) is 6.07 Å². The number of hydrogen-bond acceptors (Lipinski definition) is 2. The minimum absolute atomic E-state index is 0.0927. The first-order valence-corrected chi connectivity index (χ1v) is 3.31. The minimum Gasteiger partial charge on any atom is -0.399 e. The van der Waals surface area contributed by atoms with E-state index in [0.717, 1.165) is 0 Å². The number of allylic oxidation sites excluding steroid dienone is 1. The normalized spacial score (nSPS) is 9.45. The maximum Gasteiger partial charge on any atom is 0.252 e. The van der Waals surface area contributed by atoms with Crippen LogP contribution >= 0.6 is 0 Å². The van der Waals surface area contributed by atoms with Crippen molar-refractivity contribution >= 4 is 5.69 Å². The highest BCUT2D eigenvalue weighted by Gasteiger charge is 1.91. The first kappa shape index (κ1) is 7.60. The minimum atomic E-state index is -0.0927. The molecular formula is C8H10N2O. The maximum absolute atomic E-state index is 11.1. The highest BCUT2D eigenvalue weighted by Crippen LogP contribution is 1.93. The number of pyridine rings is 1. The third kappa shape index (κ3) is 1.70. The lowest BCUT2D eigenvalue weighted by Crippen LogP contribution is -2.17. The van der Waals surface area contributed by atoms with Gasteiger partial charge in [0.2, 0.25) is 0 Å². The summed E-state index contributed by atoms with van der Waals surface area (Å²) < 4.78 is 1.53. The van der Waals surface area contributed by atoms with E-state index >= 15 is 0 Å². The molecule has 0 aromatic carbocycles. The van der Waals surface area contributed by atoms with Crippen molar-refractivity contribution in [2.24, 2.45) is 0 Å². The summed E-state index contributed by atoms with van der Waals surface area (Å²) in [4.78, 5) is 11.1. The topological polar surface area (TPSA) is 48.0 Å². The zero-order valence-electron chi connectivity index (χ0n) is 6.16. The Balaban J connectivity index is 3.09. The fourth-order valence-corrected chi connectivity index (χ4v) is 0.813. The predicted octanol–water partition coefficient (Wildman–Crippen LogP) is 0.616. The molecule has 58 valence electrons. The number of nitrogens with two attached hydrogens (primary N) is 1. The Morgan fingerprint density at radius 2 is 2.45 bits per heavy atom. The van der Waals surface area contributed by atoms with Gasteiger partial charge in [-0.1, -0.05) is 6.08 Å². The molecule has 3 heteroatoms. The van der Waals surface area contributed by atoms with Crippen molar-refractivity contribution in [2.45, 2.75) is 6.54 Å².